The Hall–Kier alpha value is -1.06. The minimum Gasteiger partial charge on any atom is -0.353 e. The van der Waals surface area contributed by atoms with Gasteiger partial charge in [0.2, 0.25) is 11.8 Å². The zero-order valence-corrected chi connectivity index (χ0v) is 14.3. The zero-order chi connectivity index (χ0) is 16.1. The molecule has 0 aliphatic rings. The van der Waals surface area contributed by atoms with Crippen LogP contribution in [0.4, 0.5) is 0 Å². The predicted octanol–water partition coefficient (Wildman–Crippen LogP) is 3.55. The lowest BCUT2D eigenvalue weighted by molar-refractivity contribution is -0.129. The van der Waals surface area contributed by atoms with Gasteiger partial charge in [0.1, 0.15) is 6.42 Å². The SMILES string of the molecule is CCCCCC(C)NC(=O)CC(=O)NC(C)CCCCC. The quantitative estimate of drug-likeness (QED) is 0.427. The summed E-state index contributed by atoms with van der Waals surface area (Å²) in [5, 5.41) is 5.79. The molecule has 2 amide bonds. The minimum absolute atomic E-state index is 0.0593. The van der Waals surface area contributed by atoms with Crippen molar-refractivity contribution in [1.82, 2.24) is 10.6 Å². The van der Waals surface area contributed by atoms with E-state index < -0.39 is 0 Å². The lowest BCUT2D eigenvalue weighted by Crippen LogP contribution is -2.39. The highest BCUT2D eigenvalue weighted by atomic mass is 16.2. The second-order valence-electron chi connectivity index (χ2n) is 6.11. The second kappa shape index (κ2) is 12.7. The van der Waals surface area contributed by atoms with Gasteiger partial charge in [-0.1, -0.05) is 52.4 Å². The topological polar surface area (TPSA) is 58.2 Å². The predicted molar refractivity (Wildman–Crippen MR) is 88.1 cm³/mol. The molecule has 0 aliphatic carbocycles. The molecule has 124 valence electrons. The number of carbonyl (C=O) groups excluding carboxylic acids is 2. The fourth-order valence-corrected chi connectivity index (χ4v) is 2.34. The smallest absolute Gasteiger partial charge is 0.229 e. The van der Waals surface area contributed by atoms with Crippen LogP contribution in [0.5, 0.6) is 0 Å². The molecular weight excluding hydrogens is 264 g/mol. The normalized spacial score (nSPS) is 13.5. The van der Waals surface area contributed by atoms with Gasteiger partial charge in [-0.3, -0.25) is 9.59 Å². The van der Waals surface area contributed by atoms with Crippen LogP contribution < -0.4 is 10.6 Å². The fourth-order valence-electron chi connectivity index (χ4n) is 2.34. The van der Waals surface area contributed by atoms with Crippen molar-refractivity contribution in [2.45, 2.75) is 97.6 Å². The number of amides is 2. The molecule has 0 spiro atoms. The van der Waals surface area contributed by atoms with Gasteiger partial charge in [0.05, 0.1) is 0 Å². The molecule has 0 heterocycles. The first-order chi connectivity index (χ1) is 9.99. The van der Waals surface area contributed by atoms with Crippen molar-refractivity contribution in [2.75, 3.05) is 0 Å². The van der Waals surface area contributed by atoms with E-state index in [-0.39, 0.29) is 30.3 Å². The highest BCUT2D eigenvalue weighted by Gasteiger charge is 2.13. The largest absolute Gasteiger partial charge is 0.353 e. The summed E-state index contributed by atoms with van der Waals surface area (Å²) in [6.45, 7) is 8.32. The third-order valence-corrected chi connectivity index (χ3v) is 3.62. The molecule has 2 unspecified atom stereocenters. The highest BCUT2D eigenvalue weighted by Crippen LogP contribution is 2.04. The van der Waals surface area contributed by atoms with Crippen molar-refractivity contribution < 1.29 is 9.59 Å². The van der Waals surface area contributed by atoms with Crippen LogP contribution in [0.1, 0.15) is 85.5 Å². The summed E-state index contributed by atoms with van der Waals surface area (Å²) in [5.74, 6) is -0.338. The van der Waals surface area contributed by atoms with Gasteiger partial charge < -0.3 is 10.6 Å². The van der Waals surface area contributed by atoms with E-state index >= 15 is 0 Å². The molecule has 0 saturated carbocycles. The van der Waals surface area contributed by atoms with E-state index in [1.165, 1.54) is 25.7 Å². The number of nitrogens with one attached hydrogen (secondary N) is 2. The molecule has 0 fully saturated rings. The Morgan fingerprint density at radius 1 is 0.762 bits per heavy atom. The summed E-state index contributed by atoms with van der Waals surface area (Å²) in [6, 6.07) is 0.303. The van der Waals surface area contributed by atoms with Crippen LogP contribution in [-0.4, -0.2) is 23.9 Å². The summed E-state index contributed by atoms with van der Waals surface area (Å²) in [5.41, 5.74) is 0. The van der Waals surface area contributed by atoms with E-state index in [2.05, 4.69) is 24.5 Å². The van der Waals surface area contributed by atoms with Crippen LogP contribution in [0.2, 0.25) is 0 Å². The van der Waals surface area contributed by atoms with Crippen LogP contribution in [-0.2, 0) is 9.59 Å². The first kappa shape index (κ1) is 19.9. The average Bonchev–Trinajstić information content (AvgIpc) is 2.38. The van der Waals surface area contributed by atoms with E-state index in [4.69, 9.17) is 0 Å². The van der Waals surface area contributed by atoms with Crippen LogP contribution in [0, 0.1) is 0 Å². The molecule has 21 heavy (non-hydrogen) atoms. The van der Waals surface area contributed by atoms with Gasteiger partial charge in [0, 0.05) is 12.1 Å². The zero-order valence-electron chi connectivity index (χ0n) is 14.3. The molecule has 0 aromatic carbocycles. The average molecular weight is 298 g/mol. The number of carbonyl (C=O) groups is 2. The molecule has 0 aromatic rings. The van der Waals surface area contributed by atoms with E-state index in [0.717, 1.165) is 25.7 Å². The first-order valence-electron chi connectivity index (χ1n) is 8.58. The van der Waals surface area contributed by atoms with E-state index in [9.17, 15) is 9.59 Å². The summed E-state index contributed by atoms with van der Waals surface area (Å²) in [6.07, 6.45) is 8.89. The van der Waals surface area contributed by atoms with Crippen LogP contribution in [0.25, 0.3) is 0 Å². The lowest BCUT2D eigenvalue weighted by atomic mass is 10.1. The van der Waals surface area contributed by atoms with Gasteiger partial charge in [-0.2, -0.15) is 0 Å². The van der Waals surface area contributed by atoms with Crippen LogP contribution in [0.3, 0.4) is 0 Å². The van der Waals surface area contributed by atoms with E-state index in [1.54, 1.807) is 0 Å². The Bertz CT molecular complexity index is 265. The van der Waals surface area contributed by atoms with E-state index in [1.807, 2.05) is 13.8 Å². The molecule has 4 heteroatoms. The Kier molecular flexibility index (Phi) is 12.0. The minimum atomic E-state index is -0.169. The van der Waals surface area contributed by atoms with Gasteiger partial charge in [0.15, 0.2) is 0 Å². The molecule has 0 aliphatic heterocycles. The highest BCUT2D eigenvalue weighted by molar-refractivity contribution is 5.97. The molecule has 0 radical (unpaired) electrons. The summed E-state index contributed by atoms with van der Waals surface area (Å²) in [4.78, 5) is 23.5. The monoisotopic (exact) mass is 298 g/mol. The number of hydrogen-bond donors (Lipinski definition) is 2. The third kappa shape index (κ3) is 12.4. The Balaban J connectivity index is 3.80. The molecule has 0 bridgehead atoms. The van der Waals surface area contributed by atoms with Gasteiger partial charge in [-0.15, -0.1) is 0 Å². The Morgan fingerprint density at radius 2 is 1.14 bits per heavy atom. The van der Waals surface area contributed by atoms with Gasteiger partial charge in [0.25, 0.3) is 0 Å². The molecule has 4 nitrogen and oxygen atoms in total. The maximum Gasteiger partial charge on any atom is 0.229 e. The summed E-state index contributed by atoms with van der Waals surface area (Å²) < 4.78 is 0. The first-order valence-corrected chi connectivity index (χ1v) is 8.58. The van der Waals surface area contributed by atoms with Crippen molar-refractivity contribution >= 4 is 11.8 Å². The Labute approximate surface area is 130 Å². The maximum atomic E-state index is 11.8. The van der Waals surface area contributed by atoms with Gasteiger partial charge in [-0.05, 0) is 26.7 Å². The van der Waals surface area contributed by atoms with Crippen LogP contribution >= 0.6 is 0 Å². The van der Waals surface area contributed by atoms with Crippen molar-refractivity contribution in [3.05, 3.63) is 0 Å². The molecular formula is C17H34N2O2. The van der Waals surface area contributed by atoms with Gasteiger partial charge in [-0.25, -0.2) is 0 Å². The van der Waals surface area contributed by atoms with Gasteiger partial charge >= 0.3 is 0 Å². The molecule has 2 atom stereocenters. The maximum absolute atomic E-state index is 11.8. The number of hydrogen-bond acceptors (Lipinski definition) is 2. The lowest BCUT2D eigenvalue weighted by Gasteiger charge is -2.15. The fraction of sp³-hybridized carbons (Fsp3) is 0.882. The van der Waals surface area contributed by atoms with Crippen molar-refractivity contribution in [3.8, 4) is 0 Å². The molecule has 0 aromatic heterocycles. The van der Waals surface area contributed by atoms with Crippen molar-refractivity contribution in [1.29, 1.82) is 0 Å². The second-order valence-corrected chi connectivity index (χ2v) is 6.11. The standard InChI is InChI=1S/C17H34N2O2/c1-5-7-9-11-14(3)18-16(20)13-17(21)19-15(4)12-10-8-6-2/h14-15H,5-13H2,1-4H3,(H,18,20)(H,19,21). The number of unbranched alkanes of at least 4 members (excludes halogenated alkanes) is 4. The van der Waals surface area contributed by atoms with Crippen molar-refractivity contribution in [3.63, 3.8) is 0 Å². The number of rotatable bonds is 12. The summed E-state index contributed by atoms with van der Waals surface area (Å²) >= 11 is 0. The Morgan fingerprint density at radius 3 is 1.48 bits per heavy atom. The molecule has 2 N–H and O–H groups in total. The molecule has 0 saturated heterocycles. The van der Waals surface area contributed by atoms with Crippen molar-refractivity contribution in [2.24, 2.45) is 0 Å². The summed E-state index contributed by atoms with van der Waals surface area (Å²) in [7, 11) is 0. The van der Waals surface area contributed by atoms with Crippen LogP contribution in [0.15, 0.2) is 0 Å². The third-order valence-electron chi connectivity index (χ3n) is 3.62. The van der Waals surface area contributed by atoms with E-state index in [0.29, 0.717) is 0 Å². The molecule has 0 rings (SSSR count).